The van der Waals surface area contributed by atoms with E-state index in [0.717, 1.165) is 22.9 Å². The molecule has 0 unspecified atom stereocenters. The van der Waals surface area contributed by atoms with E-state index in [1.807, 2.05) is 31.2 Å². The number of carbonyl (C=O) groups is 2. The molecule has 28 heavy (non-hydrogen) atoms. The first-order valence-electron chi connectivity index (χ1n) is 8.58. The van der Waals surface area contributed by atoms with E-state index in [2.05, 4.69) is 0 Å². The van der Waals surface area contributed by atoms with Crippen molar-refractivity contribution in [1.82, 2.24) is 4.90 Å². The third-order valence-corrected chi connectivity index (χ3v) is 5.39. The second kappa shape index (κ2) is 8.39. The fourth-order valence-corrected chi connectivity index (χ4v) is 3.73. The summed E-state index contributed by atoms with van der Waals surface area (Å²) in [5, 5.41) is -0.293. The van der Waals surface area contributed by atoms with Crippen molar-refractivity contribution in [2.24, 2.45) is 0 Å². The summed E-state index contributed by atoms with van der Waals surface area (Å²) in [4.78, 5) is 26.9. The Morgan fingerprint density at radius 1 is 0.964 bits per heavy atom. The van der Waals surface area contributed by atoms with Crippen LogP contribution in [0.5, 0.6) is 17.2 Å². The summed E-state index contributed by atoms with van der Waals surface area (Å²) in [5.41, 5.74) is 2.60. The summed E-state index contributed by atoms with van der Waals surface area (Å²) < 4.78 is 16.0. The third-order valence-electron chi connectivity index (χ3n) is 4.49. The standard InChI is InChI=1S/C21H21NO5S/c1-13-7-5-6-8-14(13)12-22-20(23)19(28-21(22)24)10-15-9-17(26-3)18(27-4)11-16(15)25-2/h5-11H,12H2,1-4H3/b19-10-. The number of hydrogen-bond acceptors (Lipinski definition) is 6. The van der Waals surface area contributed by atoms with Crippen LogP contribution < -0.4 is 14.2 Å². The summed E-state index contributed by atoms with van der Waals surface area (Å²) in [7, 11) is 4.60. The molecule has 1 heterocycles. The molecule has 1 aliphatic rings. The van der Waals surface area contributed by atoms with Gasteiger partial charge >= 0.3 is 0 Å². The topological polar surface area (TPSA) is 65.1 Å². The zero-order chi connectivity index (χ0) is 20.3. The van der Waals surface area contributed by atoms with Crippen molar-refractivity contribution in [2.45, 2.75) is 13.5 Å². The van der Waals surface area contributed by atoms with Gasteiger partial charge in [-0.2, -0.15) is 0 Å². The fourth-order valence-electron chi connectivity index (χ4n) is 2.90. The van der Waals surface area contributed by atoms with E-state index in [4.69, 9.17) is 14.2 Å². The number of amides is 2. The number of carbonyl (C=O) groups excluding carboxylic acids is 2. The number of nitrogens with zero attached hydrogens (tertiary/aromatic N) is 1. The number of rotatable bonds is 6. The van der Waals surface area contributed by atoms with Gasteiger partial charge in [0, 0.05) is 11.6 Å². The molecule has 0 atom stereocenters. The van der Waals surface area contributed by atoms with Gasteiger partial charge in [0.05, 0.1) is 32.8 Å². The predicted octanol–water partition coefficient (Wildman–Crippen LogP) is 4.26. The Bertz CT molecular complexity index is 954. The number of methoxy groups -OCH3 is 3. The van der Waals surface area contributed by atoms with E-state index in [9.17, 15) is 9.59 Å². The molecular formula is C21H21NO5S. The van der Waals surface area contributed by atoms with Crippen molar-refractivity contribution >= 4 is 29.0 Å². The molecule has 1 aliphatic heterocycles. The molecule has 0 aliphatic carbocycles. The van der Waals surface area contributed by atoms with Gasteiger partial charge in [0.25, 0.3) is 11.1 Å². The first kappa shape index (κ1) is 19.8. The lowest BCUT2D eigenvalue weighted by molar-refractivity contribution is -0.123. The molecule has 2 amide bonds. The smallest absolute Gasteiger partial charge is 0.293 e. The minimum atomic E-state index is -0.324. The lowest BCUT2D eigenvalue weighted by atomic mass is 10.1. The van der Waals surface area contributed by atoms with E-state index in [1.165, 1.54) is 26.2 Å². The van der Waals surface area contributed by atoms with Crippen LogP contribution >= 0.6 is 11.8 Å². The third kappa shape index (κ3) is 3.84. The highest BCUT2D eigenvalue weighted by molar-refractivity contribution is 8.18. The average Bonchev–Trinajstić information content (AvgIpc) is 2.96. The van der Waals surface area contributed by atoms with Crippen molar-refractivity contribution in [3.63, 3.8) is 0 Å². The van der Waals surface area contributed by atoms with Gasteiger partial charge in [-0.15, -0.1) is 0 Å². The highest BCUT2D eigenvalue weighted by Gasteiger charge is 2.35. The molecule has 0 aromatic heterocycles. The molecule has 6 nitrogen and oxygen atoms in total. The van der Waals surface area contributed by atoms with Crippen LogP contribution in [-0.2, 0) is 11.3 Å². The first-order chi connectivity index (χ1) is 13.5. The molecule has 3 rings (SSSR count). The van der Waals surface area contributed by atoms with Crippen LogP contribution in [0.4, 0.5) is 4.79 Å². The van der Waals surface area contributed by atoms with Crippen molar-refractivity contribution < 1.29 is 23.8 Å². The van der Waals surface area contributed by atoms with Crippen LogP contribution in [-0.4, -0.2) is 37.4 Å². The molecule has 0 N–H and O–H groups in total. The number of hydrogen-bond donors (Lipinski definition) is 0. The highest BCUT2D eigenvalue weighted by atomic mass is 32.2. The fraction of sp³-hybridized carbons (Fsp3) is 0.238. The summed E-state index contributed by atoms with van der Waals surface area (Å²) in [6.07, 6.45) is 1.64. The van der Waals surface area contributed by atoms with Gasteiger partial charge in [-0.05, 0) is 42.0 Å². The largest absolute Gasteiger partial charge is 0.496 e. The molecule has 146 valence electrons. The lowest BCUT2D eigenvalue weighted by Crippen LogP contribution is -2.27. The van der Waals surface area contributed by atoms with Crippen LogP contribution in [0.1, 0.15) is 16.7 Å². The zero-order valence-electron chi connectivity index (χ0n) is 16.1. The maximum Gasteiger partial charge on any atom is 0.293 e. The molecule has 0 radical (unpaired) electrons. The van der Waals surface area contributed by atoms with E-state index in [0.29, 0.717) is 27.7 Å². The molecule has 7 heteroatoms. The Morgan fingerprint density at radius 2 is 1.61 bits per heavy atom. The minimum absolute atomic E-state index is 0.248. The van der Waals surface area contributed by atoms with Gasteiger partial charge < -0.3 is 14.2 Å². The van der Waals surface area contributed by atoms with E-state index >= 15 is 0 Å². The van der Waals surface area contributed by atoms with Crippen molar-refractivity contribution in [3.05, 3.63) is 58.0 Å². The molecular weight excluding hydrogens is 378 g/mol. The van der Waals surface area contributed by atoms with Crippen LogP contribution in [0.25, 0.3) is 6.08 Å². The van der Waals surface area contributed by atoms with Crippen molar-refractivity contribution in [1.29, 1.82) is 0 Å². The lowest BCUT2D eigenvalue weighted by Gasteiger charge is -2.14. The summed E-state index contributed by atoms with van der Waals surface area (Å²) in [5.74, 6) is 1.22. The molecule has 1 fully saturated rings. The average molecular weight is 399 g/mol. The Kier molecular flexibility index (Phi) is 5.94. The number of imide groups is 1. The van der Waals surface area contributed by atoms with Gasteiger partial charge in [-0.1, -0.05) is 24.3 Å². The van der Waals surface area contributed by atoms with E-state index < -0.39 is 0 Å². The maximum absolute atomic E-state index is 12.8. The van der Waals surface area contributed by atoms with E-state index in [1.54, 1.807) is 18.2 Å². The van der Waals surface area contributed by atoms with Crippen LogP contribution in [0.15, 0.2) is 41.3 Å². The monoisotopic (exact) mass is 399 g/mol. The van der Waals surface area contributed by atoms with Gasteiger partial charge in [0.15, 0.2) is 11.5 Å². The maximum atomic E-state index is 12.8. The summed E-state index contributed by atoms with van der Waals surface area (Å²) in [6.45, 7) is 2.20. The number of ether oxygens (including phenoxy) is 3. The van der Waals surface area contributed by atoms with Crippen molar-refractivity contribution in [3.8, 4) is 17.2 Å². The van der Waals surface area contributed by atoms with Gasteiger partial charge in [-0.25, -0.2) is 0 Å². The molecule has 2 aromatic carbocycles. The molecule has 0 spiro atoms. The van der Waals surface area contributed by atoms with E-state index in [-0.39, 0.29) is 17.7 Å². The SMILES string of the molecule is COc1cc(OC)c(OC)cc1/C=C1\SC(=O)N(Cc2ccccc2C)C1=O. The Morgan fingerprint density at radius 3 is 2.25 bits per heavy atom. The second-order valence-corrected chi connectivity index (χ2v) is 7.14. The molecule has 1 saturated heterocycles. The van der Waals surface area contributed by atoms with Crippen molar-refractivity contribution in [2.75, 3.05) is 21.3 Å². The van der Waals surface area contributed by atoms with Gasteiger partial charge in [0.2, 0.25) is 0 Å². The van der Waals surface area contributed by atoms with Crippen LogP contribution in [0.3, 0.4) is 0 Å². The minimum Gasteiger partial charge on any atom is -0.496 e. The summed E-state index contributed by atoms with van der Waals surface area (Å²) in [6, 6.07) is 11.1. The van der Waals surface area contributed by atoms with Crippen LogP contribution in [0.2, 0.25) is 0 Å². The Hall–Kier alpha value is -2.93. The zero-order valence-corrected chi connectivity index (χ0v) is 17.0. The highest BCUT2D eigenvalue weighted by Crippen LogP contribution is 2.39. The van der Waals surface area contributed by atoms with Gasteiger partial charge in [-0.3, -0.25) is 14.5 Å². The molecule has 0 saturated carbocycles. The Balaban J connectivity index is 1.92. The number of benzene rings is 2. The molecule has 2 aromatic rings. The Labute approximate surface area is 168 Å². The predicted molar refractivity (Wildman–Crippen MR) is 109 cm³/mol. The first-order valence-corrected chi connectivity index (χ1v) is 9.40. The summed E-state index contributed by atoms with van der Waals surface area (Å²) >= 11 is 0.915. The second-order valence-electron chi connectivity index (χ2n) is 6.14. The van der Waals surface area contributed by atoms with Crippen LogP contribution in [0, 0.1) is 6.92 Å². The number of aryl methyl sites for hydroxylation is 1. The van der Waals surface area contributed by atoms with Gasteiger partial charge in [0.1, 0.15) is 5.75 Å². The quantitative estimate of drug-likeness (QED) is 0.677. The molecule has 0 bridgehead atoms. The number of thioether (sulfide) groups is 1. The normalized spacial score (nSPS) is 15.3.